The summed E-state index contributed by atoms with van der Waals surface area (Å²) in [6.45, 7) is 2.75. The summed E-state index contributed by atoms with van der Waals surface area (Å²) in [6.07, 6.45) is 4.87. The number of fused-ring (bicyclic) bond motifs is 1. The van der Waals surface area contributed by atoms with E-state index in [0.717, 1.165) is 44.2 Å². The summed E-state index contributed by atoms with van der Waals surface area (Å²) in [6, 6.07) is 8.27. The molecule has 0 bridgehead atoms. The fourth-order valence-electron chi connectivity index (χ4n) is 4.23. The van der Waals surface area contributed by atoms with E-state index in [0.29, 0.717) is 36.3 Å². The number of imidazole rings is 1. The van der Waals surface area contributed by atoms with Crippen molar-refractivity contribution >= 4 is 22.8 Å². The van der Waals surface area contributed by atoms with E-state index in [9.17, 15) is 18.7 Å². The molecule has 2 aromatic heterocycles. The number of aromatic nitrogens is 3. The second-order valence-electron chi connectivity index (χ2n) is 9.19. The highest BCUT2D eigenvalue weighted by atomic mass is 19.3. The molecule has 0 unspecified atom stereocenters. The summed E-state index contributed by atoms with van der Waals surface area (Å²) in [4.78, 5) is 25.7. The lowest BCUT2D eigenvalue weighted by molar-refractivity contribution is -0.147. The zero-order valence-electron chi connectivity index (χ0n) is 18.4. The number of aliphatic carboxylic acids is 1. The van der Waals surface area contributed by atoms with Gasteiger partial charge in [0.2, 0.25) is 0 Å². The van der Waals surface area contributed by atoms with Gasteiger partial charge in [-0.3, -0.25) is 4.79 Å². The minimum atomic E-state index is -2.91. The van der Waals surface area contributed by atoms with Gasteiger partial charge in [-0.1, -0.05) is 6.07 Å². The van der Waals surface area contributed by atoms with Crippen LogP contribution in [0.15, 0.2) is 36.5 Å². The highest BCUT2D eigenvalue weighted by molar-refractivity contribution is 5.80. The van der Waals surface area contributed by atoms with Crippen molar-refractivity contribution in [1.29, 1.82) is 0 Å². The van der Waals surface area contributed by atoms with Crippen LogP contribution in [0.1, 0.15) is 38.2 Å². The summed E-state index contributed by atoms with van der Waals surface area (Å²) in [7, 11) is 0. The average Bonchev–Trinajstić information content (AvgIpc) is 3.48. The van der Waals surface area contributed by atoms with E-state index in [1.807, 2.05) is 12.1 Å². The summed E-state index contributed by atoms with van der Waals surface area (Å²) in [5.74, 6) is -2.22. The van der Waals surface area contributed by atoms with Crippen molar-refractivity contribution in [2.24, 2.45) is 5.41 Å². The Balaban J connectivity index is 1.21. The van der Waals surface area contributed by atoms with Crippen molar-refractivity contribution in [2.45, 2.75) is 44.6 Å². The SMILES string of the molecule is CC(F)(F)c1ccc2nc(-c3ccc(N4CCC(OCC5(C(=O)O)CC5)CC4)nc3)[nH]c2c1. The van der Waals surface area contributed by atoms with Crippen molar-refractivity contribution in [3.05, 3.63) is 42.1 Å². The van der Waals surface area contributed by atoms with Gasteiger partial charge in [-0.25, -0.2) is 18.7 Å². The van der Waals surface area contributed by atoms with E-state index in [-0.39, 0.29) is 11.7 Å². The van der Waals surface area contributed by atoms with Crippen LogP contribution < -0.4 is 4.90 Å². The maximum Gasteiger partial charge on any atom is 0.311 e. The van der Waals surface area contributed by atoms with E-state index in [4.69, 9.17) is 4.74 Å². The maximum absolute atomic E-state index is 13.6. The Morgan fingerprint density at radius 1 is 1.27 bits per heavy atom. The molecule has 0 amide bonds. The smallest absolute Gasteiger partial charge is 0.311 e. The summed E-state index contributed by atoms with van der Waals surface area (Å²) < 4.78 is 33.1. The number of rotatable bonds is 7. The fourth-order valence-corrected chi connectivity index (χ4v) is 4.23. The highest BCUT2D eigenvalue weighted by Crippen LogP contribution is 2.46. The van der Waals surface area contributed by atoms with Gasteiger partial charge < -0.3 is 19.7 Å². The quantitative estimate of drug-likeness (QED) is 0.541. The molecule has 9 heteroatoms. The average molecular weight is 456 g/mol. The van der Waals surface area contributed by atoms with E-state index >= 15 is 0 Å². The van der Waals surface area contributed by atoms with Crippen LogP contribution in [0.25, 0.3) is 22.4 Å². The van der Waals surface area contributed by atoms with Crippen LogP contribution in [-0.2, 0) is 15.5 Å². The number of aromatic amines is 1. The zero-order chi connectivity index (χ0) is 23.2. The number of hydrogen-bond acceptors (Lipinski definition) is 5. The Bertz CT molecular complexity index is 1160. The minimum absolute atomic E-state index is 0.0543. The molecule has 7 nitrogen and oxygen atoms in total. The van der Waals surface area contributed by atoms with Gasteiger partial charge in [0.1, 0.15) is 11.6 Å². The van der Waals surface area contributed by atoms with Crippen molar-refractivity contribution < 1.29 is 23.4 Å². The first-order valence-electron chi connectivity index (χ1n) is 11.2. The molecule has 3 aromatic rings. The number of benzene rings is 1. The Morgan fingerprint density at radius 3 is 2.64 bits per heavy atom. The van der Waals surface area contributed by atoms with Crippen LogP contribution in [0.2, 0.25) is 0 Å². The molecule has 0 radical (unpaired) electrons. The fraction of sp³-hybridized carbons (Fsp3) is 0.458. The Kier molecular flexibility index (Phi) is 5.31. The Labute approximate surface area is 189 Å². The van der Waals surface area contributed by atoms with E-state index < -0.39 is 17.3 Å². The maximum atomic E-state index is 13.6. The zero-order valence-corrected chi connectivity index (χ0v) is 18.4. The molecule has 1 aromatic carbocycles. The van der Waals surface area contributed by atoms with Gasteiger partial charge in [0.05, 0.1) is 29.2 Å². The second-order valence-corrected chi connectivity index (χ2v) is 9.19. The lowest BCUT2D eigenvalue weighted by Gasteiger charge is -2.33. The highest BCUT2D eigenvalue weighted by Gasteiger charge is 2.51. The first kappa shape index (κ1) is 21.8. The van der Waals surface area contributed by atoms with Gasteiger partial charge in [-0.05, 0) is 49.9 Å². The number of alkyl halides is 2. The number of anilines is 1. The molecule has 3 heterocycles. The molecule has 2 N–H and O–H groups in total. The third-order valence-electron chi connectivity index (χ3n) is 6.68. The number of carboxylic acid groups (broad SMARTS) is 1. The number of carboxylic acids is 1. The second kappa shape index (κ2) is 8.06. The van der Waals surface area contributed by atoms with E-state index in [1.54, 1.807) is 12.3 Å². The first-order valence-corrected chi connectivity index (χ1v) is 11.2. The van der Waals surface area contributed by atoms with E-state index in [1.165, 1.54) is 12.1 Å². The van der Waals surface area contributed by atoms with Crippen molar-refractivity contribution in [3.63, 3.8) is 0 Å². The predicted molar refractivity (Wildman–Crippen MR) is 119 cm³/mol. The number of nitrogens with one attached hydrogen (secondary N) is 1. The number of H-pyrrole nitrogens is 1. The lowest BCUT2D eigenvalue weighted by atomic mass is 10.1. The standard InChI is InChI=1S/C24H26F2N4O3/c1-23(25,26)16-3-4-18-19(12-16)29-21(28-18)15-2-5-20(27-13-15)30-10-6-17(7-11-30)33-14-24(8-9-24)22(31)32/h2-5,12-13,17H,6-11,14H2,1H3,(H,28,29)(H,31,32). The molecule has 0 spiro atoms. The van der Waals surface area contributed by atoms with E-state index in [2.05, 4.69) is 19.9 Å². The third kappa shape index (κ3) is 4.42. The number of hydrogen-bond donors (Lipinski definition) is 2. The van der Waals surface area contributed by atoms with Gasteiger partial charge in [0.25, 0.3) is 5.92 Å². The first-order chi connectivity index (χ1) is 15.7. The number of ether oxygens (including phenoxy) is 1. The normalized spacial score (nSPS) is 18.6. The molecule has 174 valence electrons. The van der Waals surface area contributed by atoms with Crippen LogP contribution in [0.4, 0.5) is 14.6 Å². The van der Waals surface area contributed by atoms with Gasteiger partial charge in [0, 0.05) is 37.3 Å². The number of pyridine rings is 1. The molecule has 1 aliphatic heterocycles. The molecule has 2 aliphatic rings. The minimum Gasteiger partial charge on any atom is -0.481 e. The van der Waals surface area contributed by atoms with Crippen LogP contribution >= 0.6 is 0 Å². The topological polar surface area (TPSA) is 91.3 Å². The molecule has 0 atom stereocenters. The Morgan fingerprint density at radius 2 is 2.03 bits per heavy atom. The molecule has 1 saturated carbocycles. The van der Waals surface area contributed by atoms with Gasteiger partial charge >= 0.3 is 5.97 Å². The molecule has 5 rings (SSSR count). The van der Waals surface area contributed by atoms with Crippen LogP contribution in [-0.4, -0.2) is 51.8 Å². The van der Waals surface area contributed by atoms with Crippen LogP contribution in [0.5, 0.6) is 0 Å². The van der Waals surface area contributed by atoms with Crippen molar-refractivity contribution in [2.75, 3.05) is 24.6 Å². The number of nitrogens with zero attached hydrogens (tertiary/aromatic N) is 3. The molecule has 1 saturated heterocycles. The number of halogens is 2. The number of carbonyl (C=O) groups is 1. The van der Waals surface area contributed by atoms with Gasteiger partial charge in [-0.15, -0.1) is 0 Å². The Hall–Kier alpha value is -3.07. The van der Waals surface area contributed by atoms with Crippen molar-refractivity contribution in [1.82, 2.24) is 15.0 Å². The summed E-state index contributed by atoms with van der Waals surface area (Å²) >= 11 is 0. The lowest BCUT2D eigenvalue weighted by Crippen LogP contribution is -2.38. The van der Waals surface area contributed by atoms with Crippen molar-refractivity contribution in [3.8, 4) is 11.4 Å². The predicted octanol–water partition coefficient (Wildman–Crippen LogP) is 4.59. The monoisotopic (exact) mass is 456 g/mol. The largest absolute Gasteiger partial charge is 0.481 e. The molecule has 33 heavy (non-hydrogen) atoms. The third-order valence-corrected chi connectivity index (χ3v) is 6.68. The molecular formula is C24H26F2N4O3. The van der Waals surface area contributed by atoms with Crippen LogP contribution in [0, 0.1) is 5.41 Å². The van der Waals surface area contributed by atoms with Gasteiger partial charge in [0.15, 0.2) is 0 Å². The van der Waals surface area contributed by atoms with Gasteiger partial charge in [-0.2, -0.15) is 0 Å². The summed E-state index contributed by atoms with van der Waals surface area (Å²) in [5, 5.41) is 9.28. The van der Waals surface area contributed by atoms with Crippen LogP contribution in [0.3, 0.4) is 0 Å². The number of piperidine rings is 1. The molecule has 1 aliphatic carbocycles. The molecule has 2 fully saturated rings. The summed E-state index contributed by atoms with van der Waals surface area (Å²) in [5.41, 5.74) is 1.26. The molecular weight excluding hydrogens is 430 g/mol.